The number of imidazole rings is 1. The molecule has 0 saturated heterocycles. The lowest BCUT2D eigenvalue weighted by Crippen LogP contribution is -2.22. The summed E-state index contributed by atoms with van der Waals surface area (Å²) in [5, 5.41) is 3.65. The Morgan fingerprint density at radius 1 is 1.14 bits per heavy atom. The molecule has 3 rings (SSSR count). The molecule has 150 valence electrons. The lowest BCUT2D eigenvalue weighted by Gasteiger charge is -2.15. The zero-order chi connectivity index (χ0) is 21.0. The van der Waals surface area contributed by atoms with E-state index < -0.39 is 0 Å². The SMILES string of the molecule is CC(=O)N(C)c1ccc(NC(=O)CSc2nccn2-c2cc(C)ccc2C)cc1. The molecular weight excluding hydrogens is 384 g/mol. The lowest BCUT2D eigenvalue weighted by atomic mass is 10.1. The number of anilines is 2. The van der Waals surface area contributed by atoms with E-state index in [9.17, 15) is 9.59 Å². The van der Waals surface area contributed by atoms with Gasteiger partial charge >= 0.3 is 0 Å². The van der Waals surface area contributed by atoms with Crippen LogP contribution in [0.2, 0.25) is 0 Å². The Hall–Kier alpha value is -3.06. The normalized spacial score (nSPS) is 10.6. The largest absolute Gasteiger partial charge is 0.325 e. The summed E-state index contributed by atoms with van der Waals surface area (Å²) in [4.78, 5) is 29.7. The Bertz CT molecular complexity index is 1030. The molecule has 3 aromatic rings. The van der Waals surface area contributed by atoms with Crippen LogP contribution in [0.1, 0.15) is 18.1 Å². The second-order valence-corrected chi connectivity index (χ2v) is 7.77. The van der Waals surface area contributed by atoms with E-state index in [0.29, 0.717) is 5.69 Å². The van der Waals surface area contributed by atoms with Crippen molar-refractivity contribution in [2.75, 3.05) is 23.0 Å². The maximum Gasteiger partial charge on any atom is 0.234 e. The molecule has 0 unspecified atom stereocenters. The van der Waals surface area contributed by atoms with Gasteiger partial charge in [-0.25, -0.2) is 4.98 Å². The first-order valence-electron chi connectivity index (χ1n) is 9.23. The molecule has 0 radical (unpaired) electrons. The molecule has 0 fully saturated rings. The van der Waals surface area contributed by atoms with Crippen molar-refractivity contribution in [1.29, 1.82) is 0 Å². The monoisotopic (exact) mass is 408 g/mol. The summed E-state index contributed by atoms with van der Waals surface area (Å²) < 4.78 is 2.01. The Morgan fingerprint density at radius 3 is 2.55 bits per heavy atom. The predicted octanol–water partition coefficient (Wildman–Crippen LogP) is 4.20. The first-order valence-corrected chi connectivity index (χ1v) is 10.2. The Labute approximate surface area is 174 Å². The van der Waals surface area contributed by atoms with Gasteiger partial charge in [0.05, 0.1) is 11.4 Å². The molecule has 0 bridgehead atoms. The Balaban J connectivity index is 1.63. The first-order chi connectivity index (χ1) is 13.8. The number of hydrogen-bond acceptors (Lipinski definition) is 4. The van der Waals surface area contributed by atoms with Crippen LogP contribution in [0.3, 0.4) is 0 Å². The van der Waals surface area contributed by atoms with Crippen molar-refractivity contribution in [2.24, 2.45) is 0 Å². The third kappa shape index (κ3) is 5.06. The highest BCUT2D eigenvalue weighted by molar-refractivity contribution is 7.99. The molecular formula is C22H24N4O2S. The van der Waals surface area contributed by atoms with Crippen molar-refractivity contribution in [2.45, 2.75) is 25.9 Å². The Kier molecular flexibility index (Phi) is 6.39. The van der Waals surface area contributed by atoms with Crippen LogP contribution in [0.25, 0.3) is 5.69 Å². The van der Waals surface area contributed by atoms with Gasteiger partial charge in [0, 0.05) is 37.7 Å². The number of benzene rings is 2. The molecule has 0 aliphatic rings. The fraction of sp³-hybridized carbons (Fsp3) is 0.227. The third-order valence-corrected chi connectivity index (χ3v) is 5.54. The van der Waals surface area contributed by atoms with Gasteiger partial charge in [-0.05, 0) is 55.3 Å². The van der Waals surface area contributed by atoms with Crippen LogP contribution in [-0.4, -0.2) is 34.2 Å². The van der Waals surface area contributed by atoms with Gasteiger partial charge < -0.3 is 10.2 Å². The van der Waals surface area contributed by atoms with E-state index in [4.69, 9.17) is 0 Å². The van der Waals surface area contributed by atoms with Crippen LogP contribution < -0.4 is 10.2 Å². The summed E-state index contributed by atoms with van der Waals surface area (Å²) >= 11 is 1.39. The first kappa shape index (κ1) is 20.7. The summed E-state index contributed by atoms with van der Waals surface area (Å²) in [7, 11) is 1.71. The van der Waals surface area contributed by atoms with E-state index >= 15 is 0 Å². The standard InChI is InChI=1S/C22H24N4O2S/c1-15-5-6-16(2)20(13-15)26-12-11-23-22(26)29-14-21(28)24-18-7-9-19(10-8-18)25(4)17(3)27/h5-13H,14H2,1-4H3,(H,24,28). The van der Waals surface area contributed by atoms with Crippen molar-refractivity contribution in [3.8, 4) is 5.69 Å². The Morgan fingerprint density at radius 2 is 1.86 bits per heavy atom. The van der Waals surface area contributed by atoms with E-state index in [1.54, 1.807) is 42.4 Å². The molecule has 7 heteroatoms. The quantitative estimate of drug-likeness (QED) is 0.621. The molecule has 1 heterocycles. The zero-order valence-electron chi connectivity index (χ0n) is 17.0. The van der Waals surface area contributed by atoms with Crippen LogP contribution in [-0.2, 0) is 9.59 Å². The zero-order valence-corrected chi connectivity index (χ0v) is 17.8. The van der Waals surface area contributed by atoms with E-state index in [1.165, 1.54) is 24.2 Å². The second kappa shape index (κ2) is 8.96. The van der Waals surface area contributed by atoms with Crippen LogP contribution in [0.5, 0.6) is 0 Å². The van der Waals surface area contributed by atoms with Crippen LogP contribution in [0.15, 0.2) is 60.0 Å². The predicted molar refractivity (Wildman–Crippen MR) is 118 cm³/mol. The van der Waals surface area contributed by atoms with Crippen molar-refractivity contribution in [3.63, 3.8) is 0 Å². The molecule has 1 N–H and O–H groups in total. The van der Waals surface area contributed by atoms with Gasteiger partial charge in [0.15, 0.2) is 5.16 Å². The summed E-state index contributed by atoms with van der Waals surface area (Å²) in [6.45, 7) is 5.62. The minimum atomic E-state index is -0.113. The van der Waals surface area contributed by atoms with E-state index in [0.717, 1.165) is 22.1 Å². The molecule has 0 aliphatic heterocycles. The van der Waals surface area contributed by atoms with Crippen LogP contribution in [0.4, 0.5) is 11.4 Å². The number of aryl methyl sites for hydroxylation is 2. The minimum absolute atomic E-state index is 0.0439. The summed E-state index contributed by atoms with van der Waals surface area (Å²) in [5.41, 5.74) is 4.85. The number of nitrogens with zero attached hydrogens (tertiary/aromatic N) is 3. The van der Waals surface area contributed by atoms with Gasteiger partial charge in [-0.2, -0.15) is 0 Å². The van der Waals surface area contributed by atoms with Gasteiger partial charge in [-0.3, -0.25) is 14.2 Å². The van der Waals surface area contributed by atoms with Gasteiger partial charge in [0.25, 0.3) is 0 Å². The molecule has 0 saturated carbocycles. The van der Waals surface area contributed by atoms with Crippen LogP contribution in [0, 0.1) is 13.8 Å². The van der Waals surface area contributed by atoms with Gasteiger partial charge in [-0.15, -0.1) is 0 Å². The molecule has 0 aliphatic carbocycles. The maximum atomic E-state index is 12.4. The summed E-state index contributed by atoms with van der Waals surface area (Å²) in [6.07, 6.45) is 3.65. The molecule has 0 atom stereocenters. The fourth-order valence-electron chi connectivity index (χ4n) is 2.84. The number of carbonyl (C=O) groups excluding carboxylic acids is 2. The summed E-state index contributed by atoms with van der Waals surface area (Å²) in [6, 6.07) is 13.5. The van der Waals surface area contributed by atoms with Gasteiger partial charge in [0.2, 0.25) is 11.8 Å². The molecule has 1 aromatic heterocycles. The van der Waals surface area contributed by atoms with Gasteiger partial charge in [-0.1, -0.05) is 23.9 Å². The fourth-order valence-corrected chi connectivity index (χ4v) is 3.60. The highest BCUT2D eigenvalue weighted by atomic mass is 32.2. The molecule has 2 aromatic carbocycles. The van der Waals surface area contributed by atoms with Crippen molar-refractivity contribution >= 4 is 35.0 Å². The minimum Gasteiger partial charge on any atom is -0.325 e. The maximum absolute atomic E-state index is 12.4. The molecule has 0 spiro atoms. The molecule has 2 amide bonds. The van der Waals surface area contributed by atoms with Crippen molar-refractivity contribution in [1.82, 2.24) is 9.55 Å². The third-order valence-electron chi connectivity index (χ3n) is 4.57. The highest BCUT2D eigenvalue weighted by Gasteiger charge is 2.12. The summed E-state index contributed by atoms with van der Waals surface area (Å²) in [5.74, 6) is 0.0903. The van der Waals surface area contributed by atoms with E-state index in [2.05, 4.69) is 42.3 Å². The lowest BCUT2D eigenvalue weighted by molar-refractivity contribution is -0.116. The number of aromatic nitrogens is 2. The number of hydrogen-bond donors (Lipinski definition) is 1. The van der Waals surface area contributed by atoms with Crippen molar-refractivity contribution < 1.29 is 9.59 Å². The smallest absolute Gasteiger partial charge is 0.234 e. The molecule has 6 nitrogen and oxygen atoms in total. The number of amides is 2. The van der Waals surface area contributed by atoms with Gasteiger partial charge in [0.1, 0.15) is 0 Å². The highest BCUT2D eigenvalue weighted by Crippen LogP contribution is 2.24. The average molecular weight is 409 g/mol. The van der Waals surface area contributed by atoms with E-state index in [-0.39, 0.29) is 17.6 Å². The number of thioether (sulfide) groups is 1. The van der Waals surface area contributed by atoms with E-state index in [1.807, 2.05) is 10.8 Å². The molecule has 29 heavy (non-hydrogen) atoms. The number of nitrogens with one attached hydrogen (secondary N) is 1. The number of carbonyl (C=O) groups is 2. The van der Waals surface area contributed by atoms with Crippen LogP contribution >= 0.6 is 11.8 Å². The average Bonchev–Trinajstić information content (AvgIpc) is 3.16. The number of rotatable bonds is 6. The van der Waals surface area contributed by atoms with Crippen molar-refractivity contribution in [3.05, 3.63) is 66.0 Å². The second-order valence-electron chi connectivity index (χ2n) is 6.83. The topological polar surface area (TPSA) is 67.2 Å².